The Kier molecular flexibility index (Phi) is 6.83. The molecule has 1 atom stereocenters. The van der Waals surface area contributed by atoms with Gasteiger partial charge in [0.05, 0.1) is 11.3 Å². The summed E-state index contributed by atoms with van der Waals surface area (Å²) in [5, 5.41) is 10.7. The number of aromatic nitrogens is 1. The number of nitrogens with one attached hydrogen (secondary N) is 5. The van der Waals surface area contributed by atoms with E-state index in [0.717, 1.165) is 5.56 Å². The van der Waals surface area contributed by atoms with Gasteiger partial charge >= 0.3 is 6.03 Å². The Labute approximate surface area is 190 Å². The third-order valence-corrected chi connectivity index (χ3v) is 5.33. The lowest BCUT2D eigenvalue weighted by atomic mass is 9.98. The van der Waals surface area contributed by atoms with Crippen LogP contribution in [0.5, 0.6) is 0 Å². The fourth-order valence-electron chi connectivity index (χ4n) is 3.80. The fourth-order valence-corrected chi connectivity index (χ4v) is 3.80. The zero-order valence-electron chi connectivity index (χ0n) is 18.6. The van der Waals surface area contributed by atoms with Crippen LogP contribution in [0.2, 0.25) is 0 Å². The Balaban J connectivity index is 1.93. The molecule has 0 spiro atoms. The predicted octanol–water partition coefficient (Wildman–Crippen LogP) is 1.49. The monoisotopic (exact) mass is 453 g/mol. The van der Waals surface area contributed by atoms with Crippen LogP contribution in [0.25, 0.3) is 11.1 Å². The van der Waals surface area contributed by atoms with Crippen LogP contribution in [0.15, 0.2) is 24.4 Å². The molecule has 2 aromatic rings. The summed E-state index contributed by atoms with van der Waals surface area (Å²) in [7, 11) is 0. The average molecular weight is 454 g/mol. The predicted molar refractivity (Wildman–Crippen MR) is 126 cm³/mol. The number of anilines is 3. The normalized spacial score (nSPS) is 14.7. The number of carbonyl (C=O) groups is 4. The second-order valence-electron chi connectivity index (χ2n) is 7.73. The van der Waals surface area contributed by atoms with Crippen molar-refractivity contribution < 1.29 is 19.2 Å². The van der Waals surface area contributed by atoms with Gasteiger partial charge in [0, 0.05) is 35.8 Å². The number of fused-ring (bicyclic) bond motifs is 1. The molecule has 0 radical (unpaired) electrons. The van der Waals surface area contributed by atoms with Crippen LogP contribution in [0.1, 0.15) is 37.1 Å². The van der Waals surface area contributed by atoms with Gasteiger partial charge in [0.2, 0.25) is 11.8 Å². The summed E-state index contributed by atoms with van der Waals surface area (Å²) in [6.45, 7) is 5.17. The minimum absolute atomic E-state index is 0.238. The van der Waals surface area contributed by atoms with Gasteiger partial charge in [-0.25, -0.2) is 4.79 Å². The molecular formula is C22H27N7O4. The molecule has 0 bridgehead atoms. The molecule has 9 N–H and O–H groups in total. The van der Waals surface area contributed by atoms with E-state index in [-0.39, 0.29) is 24.3 Å². The summed E-state index contributed by atoms with van der Waals surface area (Å²) in [5.74, 6) is -1.00. The maximum absolute atomic E-state index is 12.7. The standard InChI is InChI=1S/C22H27N7O4/c1-10-17(29-20(31)16(6-7-23)26-12(3)30)9-25-19(10)11(2)18-14-8-13(27-22(24)33)4-5-15(14)28-21(18)32/h4-5,8-9,16,25H,6-7,23H2,1-3H3,(H,26,30)(H,28,32)(H,29,31)(H3,24,27,33). The zero-order chi connectivity index (χ0) is 24.3. The lowest BCUT2D eigenvalue weighted by Gasteiger charge is -2.16. The first-order valence-electron chi connectivity index (χ1n) is 10.3. The van der Waals surface area contributed by atoms with E-state index in [1.165, 1.54) is 6.92 Å². The van der Waals surface area contributed by atoms with Crippen LogP contribution in [0.3, 0.4) is 0 Å². The van der Waals surface area contributed by atoms with Crippen LogP contribution in [0.4, 0.5) is 21.9 Å². The second kappa shape index (κ2) is 9.57. The van der Waals surface area contributed by atoms with E-state index in [1.807, 2.05) is 0 Å². The molecule has 174 valence electrons. The van der Waals surface area contributed by atoms with Crippen molar-refractivity contribution in [2.45, 2.75) is 33.2 Å². The van der Waals surface area contributed by atoms with E-state index < -0.39 is 12.1 Å². The fraction of sp³-hybridized carbons (Fsp3) is 0.273. The number of carbonyl (C=O) groups excluding carboxylic acids is 4. The van der Waals surface area contributed by atoms with Crippen molar-refractivity contribution in [1.29, 1.82) is 0 Å². The van der Waals surface area contributed by atoms with E-state index >= 15 is 0 Å². The van der Waals surface area contributed by atoms with Gasteiger partial charge < -0.3 is 37.7 Å². The van der Waals surface area contributed by atoms with Crippen molar-refractivity contribution in [3.05, 3.63) is 41.2 Å². The number of benzene rings is 1. The first kappa shape index (κ1) is 23.5. The SMILES string of the molecule is CC(=O)NC(CCN)C(=O)Nc1c[nH]c(C(C)=C2C(=O)Nc3ccc(NC(N)=O)cc32)c1C. The van der Waals surface area contributed by atoms with E-state index in [4.69, 9.17) is 11.5 Å². The van der Waals surface area contributed by atoms with Gasteiger partial charge in [0.15, 0.2) is 0 Å². The number of hydrogen-bond donors (Lipinski definition) is 7. The molecule has 1 aromatic heterocycles. The second-order valence-corrected chi connectivity index (χ2v) is 7.73. The molecule has 1 unspecified atom stereocenters. The number of hydrogen-bond acceptors (Lipinski definition) is 5. The zero-order valence-corrected chi connectivity index (χ0v) is 18.6. The van der Waals surface area contributed by atoms with E-state index in [2.05, 4.69) is 26.3 Å². The highest BCUT2D eigenvalue weighted by molar-refractivity contribution is 6.36. The first-order chi connectivity index (χ1) is 15.6. The van der Waals surface area contributed by atoms with E-state index in [1.54, 1.807) is 38.2 Å². The van der Waals surface area contributed by atoms with Crippen LogP contribution in [-0.2, 0) is 14.4 Å². The van der Waals surface area contributed by atoms with Crippen LogP contribution in [0, 0.1) is 6.92 Å². The molecule has 1 aliphatic rings. The van der Waals surface area contributed by atoms with Gasteiger partial charge in [-0.1, -0.05) is 0 Å². The summed E-state index contributed by atoms with van der Waals surface area (Å²) in [4.78, 5) is 51.1. The molecule has 0 saturated heterocycles. The third-order valence-electron chi connectivity index (χ3n) is 5.33. The van der Waals surface area contributed by atoms with Gasteiger partial charge in [0.1, 0.15) is 6.04 Å². The maximum Gasteiger partial charge on any atom is 0.316 e. The van der Waals surface area contributed by atoms with Crippen LogP contribution in [-0.4, -0.2) is 41.3 Å². The van der Waals surface area contributed by atoms with Crippen LogP contribution >= 0.6 is 0 Å². The number of amides is 5. The molecule has 5 amide bonds. The summed E-state index contributed by atoms with van der Waals surface area (Å²) < 4.78 is 0. The van der Waals surface area contributed by atoms with Gasteiger partial charge in [-0.2, -0.15) is 0 Å². The summed E-state index contributed by atoms with van der Waals surface area (Å²) in [5.41, 5.74) is 15.4. The molecule has 11 heteroatoms. The Morgan fingerprint density at radius 3 is 2.52 bits per heavy atom. The molecule has 0 aliphatic carbocycles. The molecule has 0 saturated carbocycles. The van der Waals surface area contributed by atoms with Crippen molar-refractivity contribution in [3.8, 4) is 0 Å². The van der Waals surface area contributed by atoms with Crippen molar-refractivity contribution in [2.75, 3.05) is 22.5 Å². The molecule has 3 rings (SSSR count). The molecule has 2 heterocycles. The number of aromatic amines is 1. The Morgan fingerprint density at radius 1 is 1.15 bits per heavy atom. The summed E-state index contributed by atoms with van der Waals surface area (Å²) >= 11 is 0. The summed E-state index contributed by atoms with van der Waals surface area (Å²) in [6, 6.07) is 3.53. The quantitative estimate of drug-likeness (QED) is 0.313. The number of urea groups is 1. The molecule has 1 aromatic carbocycles. The van der Waals surface area contributed by atoms with Gasteiger partial charge in [0.25, 0.3) is 5.91 Å². The Bertz CT molecular complexity index is 1170. The van der Waals surface area contributed by atoms with Crippen molar-refractivity contribution in [1.82, 2.24) is 10.3 Å². The van der Waals surface area contributed by atoms with Gasteiger partial charge in [-0.3, -0.25) is 14.4 Å². The van der Waals surface area contributed by atoms with Gasteiger partial charge in [-0.05, 0) is 56.1 Å². The average Bonchev–Trinajstić information content (AvgIpc) is 3.25. The molecular weight excluding hydrogens is 426 g/mol. The minimum Gasteiger partial charge on any atom is -0.359 e. The first-order valence-corrected chi connectivity index (χ1v) is 10.3. The lowest BCUT2D eigenvalue weighted by Crippen LogP contribution is -2.44. The van der Waals surface area contributed by atoms with Crippen molar-refractivity contribution >= 4 is 52.0 Å². The number of nitrogens with two attached hydrogens (primary N) is 2. The smallest absolute Gasteiger partial charge is 0.316 e. The van der Waals surface area contributed by atoms with E-state index in [9.17, 15) is 19.2 Å². The largest absolute Gasteiger partial charge is 0.359 e. The van der Waals surface area contributed by atoms with E-state index in [0.29, 0.717) is 45.9 Å². The minimum atomic E-state index is -0.756. The Morgan fingerprint density at radius 2 is 1.88 bits per heavy atom. The van der Waals surface area contributed by atoms with Crippen molar-refractivity contribution in [2.24, 2.45) is 11.5 Å². The molecule has 11 nitrogen and oxygen atoms in total. The highest BCUT2D eigenvalue weighted by Crippen LogP contribution is 2.39. The number of H-pyrrole nitrogens is 1. The maximum atomic E-state index is 12.7. The topological polar surface area (TPSA) is 184 Å². The lowest BCUT2D eigenvalue weighted by molar-refractivity contribution is -0.125. The van der Waals surface area contributed by atoms with Crippen molar-refractivity contribution in [3.63, 3.8) is 0 Å². The number of allylic oxidation sites excluding steroid dienone is 1. The van der Waals surface area contributed by atoms with Gasteiger partial charge in [-0.15, -0.1) is 0 Å². The summed E-state index contributed by atoms with van der Waals surface area (Å²) in [6.07, 6.45) is 1.92. The third kappa shape index (κ3) is 5.04. The highest BCUT2D eigenvalue weighted by Gasteiger charge is 2.28. The van der Waals surface area contributed by atoms with Crippen LogP contribution < -0.4 is 32.7 Å². The molecule has 33 heavy (non-hydrogen) atoms. The Hall–Kier alpha value is -4.12. The molecule has 1 aliphatic heterocycles. The highest BCUT2D eigenvalue weighted by atomic mass is 16.2. The number of primary amides is 1. The molecule has 0 fully saturated rings. The number of rotatable bonds is 7.